The molecule has 0 bridgehead atoms. The summed E-state index contributed by atoms with van der Waals surface area (Å²) in [5, 5.41) is 7.29. The molecular weight excluding hydrogens is 707 g/mol. The number of rotatable bonds is 6. The van der Waals surface area contributed by atoms with Crippen LogP contribution >= 0.6 is 0 Å². The van der Waals surface area contributed by atoms with Gasteiger partial charge in [0.1, 0.15) is 11.2 Å². The van der Waals surface area contributed by atoms with Gasteiger partial charge in [0.15, 0.2) is 0 Å². The normalized spacial score (nSPS) is 11.8. The van der Waals surface area contributed by atoms with Crippen molar-refractivity contribution >= 4 is 82.6 Å². The molecule has 0 spiro atoms. The number of benzene rings is 9. The number of hydrogen-bond donors (Lipinski definition) is 0. The maximum atomic E-state index is 6.43. The van der Waals surface area contributed by atoms with E-state index in [9.17, 15) is 0 Å². The quantitative estimate of drug-likeness (QED) is 0.170. The van der Waals surface area contributed by atoms with E-state index in [4.69, 9.17) is 4.42 Å². The third-order valence-electron chi connectivity index (χ3n) is 11.7. The molecule has 0 unspecified atom stereocenters. The van der Waals surface area contributed by atoms with Crippen molar-refractivity contribution in [1.29, 1.82) is 0 Å². The predicted octanol–water partition coefficient (Wildman–Crippen LogP) is 14.9. The molecule has 4 nitrogen and oxygen atoms in total. The standard InChI is InChI=1S/C54H35N3O/c1-6-19-49-43(12-1)44-13-2-7-20-50(44)56(49)40-32-28-38(29-33-40)55(37-26-24-36(25-27-37)42-17-11-18-48-47-16-5-10-23-53(47)58-54(42)48)39-30-34-41(35-31-39)57-51-21-8-3-14-45(51)46-15-4-9-22-52(46)57/h1-35H. The molecule has 0 fully saturated rings. The molecule has 0 saturated carbocycles. The summed E-state index contributed by atoms with van der Waals surface area (Å²) in [5.74, 6) is 0. The molecule has 58 heavy (non-hydrogen) atoms. The molecule has 0 aliphatic rings. The van der Waals surface area contributed by atoms with Crippen molar-refractivity contribution in [1.82, 2.24) is 9.13 Å². The van der Waals surface area contributed by atoms with Crippen LogP contribution in [0.3, 0.4) is 0 Å². The number of aromatic nitrogens is 2. The number of nitrogens with zero attached hydrogens (tertiary/aromatic N) is 3. The highest BCUT2D eigenvalue weighted by Crippen LogP contribution is 2.41. The second kappa shape index (κ2) is 12.9. The van der Waals surface area contributed by atoms with Crippen molar-refractivity contribution in [3.63, 3.8) is 0 Å². The van der Waals surface area contributed by atoms with Crippen molar-refractivity contribution in [3.05, 3.63) is 212 Å². The Morgan fingerprint density at radius 1 is 0.310 bits per heavy atom. The first kappa shape index (κ1) is 32.4. The number of fused-ring (bicyclic) bond motifs is 9. The Kier molecular flexibility index (Phi) is 7.20. The summed E-state index contributed by atoms with van der Waals surface area (Å²) in [5.41, 5.74) is 14.2. The van der Waals surface area contributed by atoms with Crippen LogP contribution in [-0.4, -0.2) is 9.13 Å². The van der Waals surface area contributed by atoms with Gasteiger partial charge < -0.3 is 18.5 Å². The minimum atomic E-state index is 0.904. The number of furan rings is 1. The van der Waals surface area contributed by atoms with Crippen LogP contribution < -0.4 is 4.90 Å². The van der Waals surface area contributed by atoms with E-state index in [0.29, 0.717) is 0 Å². The molecule has 4 heteroatoms. The van der Waals surface area contributed by atoms with Gasteiger partial charge in [-0.2, -0.15) is 0 Å². The van der Waals surface area contributed by atoms with E-state index in [1.54, 1.807) is 0 Å². The molecule has 3 heterocycles. The van der Waals surface area contributed by atoms with Crippen molar-refractivity contribution in [2.24, 2.45) is 0 Å². The molecule has 9 aromatic carbocycles. The van der Waals surface area contributed by atoms with E-state index >= 15 is 0 Å². The lowest BCUT2D eigenvalue weighted by Gasteiger charge is -2.26. The van der Waals surface area contributed by atoms with E-state index < -0.39 is 0 Å². The first-order valence-corrected chi connectivity index (χ1v) is 19.8. The van der Waals surface area contributed by atoms with Crippen molar-refractivity contribution in [2.75, 3.05) is 4.90 Å². The van der Waals surface area contributed by atoms with Gasteiger partial charge in [-0.3, -0.25) is 0 Å². The fourth-order valence-electron chi connectivity index (χ4n) is 9.11. The van der Waals surface area contributed by atoms with Gasteiger partial charge in [-0.25, -0.2) is 0 Å². The molecule has 3 aromatic heterocycles. The molecule has 0 radical (unpaired) electrons. The third kappa shape index (κ3) is 4.95. The highest BCUT2D eigenvalue weighted by atomic mass is 16.3. The molecular formula is C54H35N3O. The lowest BCUT2D eigenvalue weighted by atomic mass is 10.0. The lowest BCUT2D eigenvalue weighted by Crippen LogP contribution is -2.10. The molecule has 0 amide bonds. The van der Waals surface area contributed by atoms with Gasteiger partial charge in [0.05, 0.1) is 22.1 Å². The first-order valence-electron chi connectivity index (χ1n) is 19.8. The molecule has 12 aromatic rings. The Labute approximate surface area is 334 Å². The fourth-order valence-corrected chi connectivity index (χ4v) is 9.11. The van der Waals surface area contributed by atoms with Crippen LogP contribution in [0.4, 0.5) is 17.1 Å². The third-order valence-corrected chi connectivity index (χ3v) is 11.7. The summed E-state index contributed by atoms with van der Waals surface area (Å²) in [7, 11) is 0. The zero-order valence-electron chi connectivity index (χ0n) is 31.5. The van der Waals surface area contributed by atoms with Gasteiger partial charge in [0.25, 0.3) is 0 Å². The van der Waals surface area contributed by atoms with Crippen LogP contribution in [0.2, 0.25) is 0 Å². The minimum Gasteiger partial charge on any atom is -0.455 e. The largest absolute Gasteiger partial charge is 0.455 e. The molecule has 0 aliphatic carbocycles. The molecule has 0 aliphatic heterocycles. The Hall–Kier alpha value is -7.82. The number of para-hydroxylation sites is 6. The Morgan fingerprint density at radius 2 is 0.690 bits per heavy atom. The van der Waals surface area contributed by atoms with Gasteiger partial charge in [0.2, 0.25) is 0 Å². The maximum absolute atomic E-state index is 6.43. The van der Waals surface area contributed by atoms with Crippen LogP contribution in [0, 0.1) is 0 Å². The Bertz CT molecular complexity index is 3230. The zero-order chi connectivity index (χ0) is 38.2. The smallest absolute Gasteiger partial charge is 0.143 e. The zero-order valence-corrected chi connectivity index (χ0v) is 31.5. The van der Waals surface area contributed by atoms with Gasteiger partial charge in [-0.1, -0.05) is 121 Å². The van der Waals surface area contributed by atoms with Crippen LogP contribution in [0.1, 0.15) is 0 Å². The highest BCUT2D eigenvalue weighted by molar-refractivity contribution is 6.11. The summed E-state index contributed by atoms with van der Waals surface area (Å²) in [6.45, 7) is 0. The average molecular weight is 742 g/mol. The summed E-state index contributed by atoms with van der Waals surface area (Å²) in [6, 6.07) is 76.1. The second-order valence-corrected chi connectivity index (χ2v) is 14.9. The van der Waals surface area contributed by atoms with Crippen LogP contribution in [0.15, 0.2) is 217 Å². The van der Waals surface area contributed by atoms with Gasteiger partial charge in [-0.15, -0.1) is 0 Å². The fraction of sp³-hybridized carbons (Fsp3) is 0. The Morgan fingerprint density at radius 3 is 1.16 bits per heavy atom. The van der Waals surface area contributed by atoms with E-state index in [1.807, 2.05) is 12.1 Å². The number of hydrogen-bond acceptors (Lipinski definition) is 2. The van der Waals surface area contributed by atoms with Crippen molar-refractivity contribution in [3.8, 4) is 22.5 Å². The topological polar surface area (TPSA) is 26.2 Å². The van der Waals surface area contributed by atoms with E-state index in [2.05, 4.69) is 214 Å². The van der Waals surface area contributed by atoms with Crippen LogP contribution in [0.25, 0.3) is 88.1 Å². The molecule has 0 N–H and O–H groups in total. The summed E-state index contributed by atoms with van der Waals surface area (Å²) < 4.78 is 11.2. The minimum absolute atomic E-state index is 0.904. The monoisotopic (exact) mass is 741 g/mol. The first-order chi connectivity index (χ1) is 28.8. The van der Waals surface area contributed by atoms with Gasteiger partial charge in [-0.05, 0) is 96.6 Å². The predicted molar refractivity (Wildman–Crippen MR) is 243 cm³/mol. The van der Waals surface area contributed by atoms with Gasteiger partial charge >= 0.3 is 0 Å². The van der Waals surface area contributed by atoms with E-state index in [-0.39, 0.29) is 0 Å². The highest BCUT2D eigenvalue weighted by Gasteiger charge is 2.18. The molecule has 0 atom stereocenters. The van der Waals surface area contributed by atoms with Crippen molar-refractivity contribution < 1.29 is 4.42 Å². The van der Waals surface area contributed by atoms with Crippen LogP contribution in [0.5, 0.6) is 0 Å². The second-order valence-electron chi connectivity index (χ2n) is 14.9. The average Bonchev–Trinajstić information content (AvgIpc) is 3.95. The summed E-state index contributed by atoms with van der Waals surface area (Å²) in [6.07, 6.45) is 0. The molecule has 12 rings (SSSR count). The molecule has 272 valence electrons. The maximum Gasteiger partial charge on any atom is 0.143 e. The summed E-state index contributed by atoms with van der Waals surface area (Å²) in [4.78, 5) is 2.34. The lowest BCUT2D eigenvalue weighted by molar-refractivity contribution is 0.670. The SMILES string of the molecule is c1ccc2c(c1)oc1c(-c3ccc(N(c4ccc(-n5c6ccccc6c6ccccc65)cc4)c4ccc(-n5c6ccccc6c6ccccc65)cc4)cc3)cccc12. The molecule has 0 saturated heterocycles. The van der Waals surface area contributed by atoms with Crippen LogP contribution in [-0.2, 0) is 0 Å². The van der Waals surface area contributed by atoms with Gasteiger partial charge in [0, 0.05) is 66.3 Å². The van der Waals surface area contributed by atoms with E-state index in [1.165, 1.54) is 43.6 Å². The Balaban J connectivity index is 0.984. The summed E-state index contributed by atoms with van der Waals surface area (Å²) >= 11 is 0. The van der Waals surface area contributed by atoms with E-state index in [0.717, 1.165) is 61.5 Å². The number of anilines is 3. The van der Waals surface area contributed by atoms with Crippen molar-refractivity contribution in [2.45, 2.75) is 0 Å².